The van der Waals surface area contributed by atoms with Crippen molar-refractivity contribution in [1.29, 1.82) is 0 Å². The zero-order chi connectivity index (χ0) is 29.5. The van der Waals surface area contributed by atoms with Gasteiger partial charge in [0.15, 0.2) is 15.5 Å². The minimum atomic E-state index is -3.78. The minimum Gasteiger partial charge on any atom is -0.382 e. The molecule has 4 aromatic heterocycles. The number of nitrogens with two attached hydrogens (primary N) is 1. The summed E-state index contributed by atoms with van der Waals surface area (Å²) in [6.07, 6.45) is 7.92. The molecule has 0 saturated carbocycles. The zero-order valence-electron chi connectivity index (χ0n) is 22.9. The average molecular weight is 581 g/mol. The molecule has 0 aliphatic carbocycles. The molecule has 1 atom stereocenters. The number of hydrogen-bond acceptors (Lipinski definition) is 9. The second kappa shape index (κ2) is 10.7. The van der Waals surface area contributed by atoms with Crippen molar-refractivity contribution in [3.05, 3.63) is 66.5 Å². The molecule has 5 aromatic rings. The van der Waals surface area contributed by atoms with Crippen LogP contribution in [0.15, 0.2) is 54.1 Å². The van der Waals surface area contributed by atoms with Crippen LogP contribution < -0.4 is 5.73 Å². The molecule has 41 heavy (non-hydrogen) atoms. The standard InChI is InChI=1S/C26H29FN10O3S/c1-15(2)36(26(38)24-29-14-30-34-24)16(3)5-10-21-22(41(4,39)40)23(28)37-25(33-21)20(12-32-37)17-11-31-35(13-17)19-8-6-18(27)7-9-19/h6-9,11-16H,5,10,28H2,1-4H3,(H,29,30,34)/t16-/m1/s1. The van der Waals surface area contributed by atoms with E-state index in [1.807, 2.05) is 20.8 Å². The van der Waals surface area contributed by atoms with Gasteiger partial charge < -0.3 is 15.6 Å². The Morgan fingerprint density at radius 3 is 2.51 bits per heavy atom. The maximum absolute atomic E-state index is 13.4. The fourth-order valence-corrected chi connectivity index (χ4v) is 5.93. The summed E-state index contributed by atoms with van der Waals surface area (Å²) in [4.78, 5) is 22.1. The van der Waals surface area contributed by atoms with Gasteiger partial charge >= 0.3 is 0 Å². The number of fused-ring (bicyclic) bond motifs is 1. The second-order valence-electron chi connectivity index (χ2n) is 10.0. The third kappa shape index (κ3) is 5.39. The van der Waals surface area contributed by atoms with Gasteiger partial charge in [-0.15, -0.1) is 10.2 Å². The van der Waals surface area contributed by atoms with Crippen molar-refractivity contribution in [2.75, 3.05) is 12.0 Å². The number of halogens is 1. The van der Waals surface area contributed by atoms with Gasteiger partial charge in [0.2, 0.25) is 5.82 Å². The van der Waals surface area contributed by atoms with Crippen LogP contribution in [0, 0.1) is 5.82 Å². The first kappa shape index (κ1) is 27.9. The lowest BCUT2D eigenvalue weighted by Crippen LogP contribution is -2.44. The quantitative estimate of drug-likeness (QED) is 0.266. The summed E-state index contributed by atoms with van der Waals surface area (Å²) >= 11 is 0. The number of nitrogens with one attached hydrogen (secondary N) is 1. The number of aromatic nitrogens is 8. The Morgan fingerprint density at radius 2 is 1.88 bits per heavy atom. The molecule has 0 fully saturated rings. The average Bonchev–Trinajstić information content (AvgIpc) is 3.68. The van der Waals surface area contributed by atoms with E-state index < -0.39 is 9.84 Å². The van der Waals surface area contributed by atoms with Crippen LogP contribution in [-0.4, -0.2) is 77.1 Å². The van der Waals surface area contributed by atoms with Crippen molar-refractivity contribution in [1.82, 2.24) is 44.5 Å². The van der Waals surface area contributed by atoms with Crippen molar-refractivity contribution < 1.29 is 17.6 Å². The summed E-state index contributed by atoms with van der Waals surface area (Å²) in [5, 5.41) is 16.2. The fraction of sp³-hybridized carbons (Fsp3) is 0.308. The molecule has 0 spiro atoms. The lowest BCUT2D eigenvalue weighted by molar-refractivity contribution is 0.0604. The number of carbonyl (C=O) groups excluding carboxylic acids is 1. The third-order valence-corrected chi connectivity index (χ3v) is 7.93. The normalized spacial score (nSPS) is 12.7. The smallest absolute Gasteiger partial charge is 0.292 e. The Hall–Kier alpha value is -4.66. The van der Waals surface area contributed by atoms with Crippen molar-refractivity contribution in [3.63, 3.8) is 0 Å². The molecule has 3 N–H and O–H groups in total. The Morgan fingerprint density at radius 1 is 1.15 bits per heavy atom. The molecule has 0 radical (unpaired) electrons. The van der Waals surface area contributed by atoms with Gasteiger partial charge in [0.05, 0.1) is 23.8 Å². The molecule has 214 valence electrons. The SMILES string of the molecule is CC(C)N(C(=O)c1nnc[nH]1)[C@H](C)CCc1nc2c(-c3cnn(-c4ccc(F)cc4)c3)cnn2c(N)c1S(C)(=O)=O. The van der Waals surface area contributed by atoms with Gasteiger partial charge in [-0.1, -0.05) is 0 Å². The number of aromatic amines is 1. The molecule has 0 aliphatic rings. The number of H-pyrrole nitrogens is 1. The Bertz CT molecular complexity index is 1810. The number of nitrogens with zero attached hydrogens (tertiary/aromatic N) is 8. The van der Waals surface area contributed by atoms with Gasteiger partial charge in [0.25, 0.3) is 5.91 Å². The first-order valence-corrected chi connectivity index (χ1v) is 14.7. The van der Waals surface area contributed by atoms with Gasteiger partial charge in [-0.25, -0.2) is 22.5 Å². The molecule has 4 heterocycles. The summed E-state index contributed by atoms with van der Waals surface area (Å²) in [6.45, 7) is 5.66. The third-order valence-electron chi connectivity index (χ3n) is 6.75. The van der Waals surface area contributed by atoms with Crippen LogP contribution in [0.4, 0.5) is 10.2 Å². The van der Waals surface area contributed by atoms with E-state index in [4.69, 9.17) is 10.7 Å². The number of amides is 1. The Kier molecular flexibility index (Phi) is 7.29. The van der Waals surface area contributed by atoms with Gasteiger partial charge in [-0.2, -0.15) is 14.7 Å². The maximum atomic E-state index is 13.4. The number of nitrogen functional groups attached to an aromatic ring is 1. The fourth-order valence-electron chi connectivity index (χ4n) is 4.88. The number of sulfone groups is 1. The molecule has 13 nitrogen and oxygen atoms in total. The predicted molar refractivity (Wildman–Crippen MR) is 148 cm³/mol. The molecule has 0 saturated heterocycles. The van der Waals surface area contributed by atoms with Crippen LogP contribution in [0.1, 0.15) is 43.5 Å². The van der Waals surface area contributed by atoms with Crippen LogP contribution >= 0.6 is 0 Å². The highest BCUT2D eigenvalue weighted by Gasteiger charge is 2.29. The Labute approximate surface area is 235 Å². The Balaban J connectivity index is 1.51. The highest BCUT2D eigenvalue weighted by atomic mass is 32.2. The molecule has 1 amide bonds. The molecule has 0 aliphatic heterocycles. The summed E-state index contributed by atoms with van der Waals surface area (Å²) < 4.78 is 41.9. The van der Waals surface area contributed by atoms with Crippen LogP contribution in [0.3, 0.4) is 0 Å². The van der Waals surface area contributed by atoms with Crippen LogP contribution in [0.2, 0.25) is 0 Å². The van der Waals surface area contributed by atoms with Crippen LogP contribution in [-0.2, 0) is 16.3 Å². The van der Waals surface area contributed by atoms with E-state index in [0.29, 0.717) is 28.9 Å². The number of aryl methyl sites for hydroxylation is 1. The van der Waals surface area contributed by atoms with Crippen molar-refractivity contribution >= 4 is 27.2 Å². The molecular weight excluding hydrogens is 551 g/mol. The van der Waals surface area contributed by atoms with Crippen molar-refractivity contribution in [2.24, 2.45) is 0 Å². The summed E-state index contributed by atoms with van der Waals surface area (Å²) in [6, 6.07) is 5.43. The van der Waals surface area contributed by atoms with Crippen molar-refractivity contribution in [2.45, 2.75) is 50.6 Å². The number of hydrogen-bond donors (Lipinski definition) is 2. The molecule has 0 unspecified atom stereocenters. The number of benzene rings is 1. The van der Waals surface area contributed by atoms with E-state index in [-0.39, 0.29) is 52.5 Å². The maximum Gasteiger partial charge on any atom is 0.292 e. The summed E-state index contributed by atoms with van der Waals surface area (Å²) in [5.41, 5.74) is 8.91. The lowest BCUT2D eigenvalue weighted by Gasteiger charge is -2.32. The predicted octanol–water partition coefficient (Wildman–Crippen LogP) is 2.70. The molecule has 0 bridgehead atoms. The minimum absolute atomic E-state index is 0.0595. The molecule has 15 heteroatoms. The lowest BCUT2D eigenvalue weighted by atomic mass is 10.1. The van der Waals surface area contributed by atoms with E-state index in [1.54, 1.807) is 40.3 Å². The monoisotopic (exact) mass is 580 g/mol. The van der Waals surface area contributed by atoms with E-state index in [0.717, 1.165) is 6.26 Å². The second-order valence-corrected chi connectivity index (χ2v) is 12.0. The van der Waals surface area contributed by atoms with E-state index in [2.05, 4.69) is 25.4 Å². The summed E-state index contributed by atoms with van der Waals surface area (Å²) in [7, 11) is -3.78. The zero-order valence-corrected chi connectivity index (χ0v) is 23.7. The topological polar surface area (TPSA) is 170 Å². The van der Waals surface area contributed by atoms with Gasteiger partial charge in [0, 0.05) is 35.7 Å². The molecular formula is C26H29FN10O3S. The van der Waals surface area contributed by atoms with Crippen LogP contribution in [0.5, 0.6) is 0 Å². The summed E-state index contributed by atoms with van der Waals surface area (Å²) in [5.74, 6) is -0.606. The number of anilines is 1. The molecule has 5 rings (SSSR count). The van der Waals surface area contributed by atoms with Gasteiger partial charge in [-0.05, 0) is 57.9 Å². The number of rotatable bonds is 9. The van der Waals surface area contributed by atoms with Crippen molar-refractivity contribution in [3.8, 4) is 16.8 Å². The molecule has 1 aromatic carbocycles. The number of carbonyl (C=O) groups is 1. The largest absolute Gasteiger partial charge is 0.382 e. The first-order chi connectivity index (χ1) is 19.5. The van der Waals surface area contributed by atoms with Crippen LogP contribution in [0.25, 0.3) is 22.5 Å². The highest BCUT2D eigenvalue weighted by Crippen LogP contribution is 2.30. The van der Waals surface area contributed by atoms with Gasteiger partial charge in [-0.3, -0.25) is 4.79 Å². The first-order valence-electron chi connectivity index (χ1n) is 12.8. The van der Waals surface area contributed by atoms with E-state index in [1.165, 1.54) is 23.0 Å². The van der Waals surface area contributed by atoms with E-state index in [9.17, 15) is 17.6 Å². The van der Waals surface area contributed by atoms with E-state index >= 15 is 0 Å². The highest BCUT2D eigenvalue weighted by molar-refractivity contribution is 7.91. The van der Waals surface area contributed by atoms with Gasteiger partial charge in [0.1, 0.15) is 22.9 Å².